The van der Waals surface area contributed by atoms with Crippen LogP contribution in [0.5, 0.6) is 0 Å². The van der Waals surface area contributed by atoms with Gasteiger partial charge in [0, 0.05) is 53.7 Å². The van der Waals surface area contributed by atoms with Gasteiger partial charge in [-0.3, -0.25) is 0 Å². The molecule has 4 heteroatoms. The first kappa shape index (κ1) is 21.1. The Morgan fingerprint density at radius 1 is 0.500 bits per heavy atom. The first-order valence-electron chi connectivity index (χ1n) is 13.8. The summed E-state index contributed by atoms with van der Waals surface area (Å²) in [5.74, 6) is 0. The zero-order chi connectivity index (χ0) is 25.9. The summed E-state index contributed by atoms with van der Waals surface area (Å²) in [6, 6.07) is 47.2. The number of thiophene rings is 1. The lowest BCUT2D eigenvalue weighted by Gasteiger charge is -2.39. The Kier molecular flexibility index (Phi) is 3.92. The molecule has 8 aromatic rings. The number of para-hydroxylation sites is 3. The molecule has 0 saturated heterocycles. The molecular weight excluding hydrogens is 503 g/mol. The van der Waals surface area contributed by atoms with Gasteiger partial charge < -0.3 is 9.47 Å². The number of benzene rings is 6. The maximum Gasteiger partial charge on any atom is 0.252 e. The monoisotopic (exact) mass is 524 g/mol. The van der Waals surface area contributed by atoms with Crippen LogP contribution in [-0.2, 0) is 0 Å². The summed E-state index contributed by atoms with van der Waals surface area (Å²) < 4.78 is 5.24. The van der Waals surface area contributed by atoms with Crippen molar-refractivity contribution in [2.45, 2.75) is 0 Å². The smallest absolute Gasteiger partial charge is 0.252 e. The average molecular weight is 524 g/mol. The van der Waals surface area contributed by atoms with E-state index in [2.05, 4.69) is 137 Å². The number of hydrogen-bond acceptors (Lipinski definition) is 2. The van der Waals surface area contributed by atoms with Gasteiger partial charge in [0.25, 0.3) is 6.71 Å². The standard InChI is InChI=1S/C36H21BN2S/c1-2-10-22(11-3-1)38-29-15-7-5-13-27(29)37-28-14-6-8-16-30(28)39-32-21-34-26(23-12-4-9-17-33(23)40-34)20-25(32)24-18-19-31(38)35(37)36(24)39/h1-21H. The zero-order valence-corrected chi connectivity index (χ0v) is 22.3. The van der Waals surface area contributed by atoms with Gasteiger partial charge in [-0.05, 0) is 64.9 Å². The molecule has 0 bridgehead atoms. The third kappa shape index (κ3) is 2.51. The number of rotatable bonds is 1. The van der Waals surface area contributed by atoms with Gasteiger partial charge in [-0.1, -0.05) is 78.9 Å². The topological polar surface area (TPSA) is 8.17 Å². The highest BCUT2D eigenvalue weighted by Crippen LogP contribution is 2.44. The SMILES string of the molecule is c1ccc(N2c3ccccc3B3c4ccccc4-n4c5cc6sc7ccccc7c6cc5c5ccc2c3c54)cc1. The number of fused-ring (bicyclic) bond motifs is 11. The second-order valence-corrected chi connectivity index (χ2v) is 12.0. The third-order valence-corrected chi connectivity index (χ3v) is 10.1. The quantitative estimate of drug-likeness (QED) is 0.199. The molecule has 0 unspecified atom stereocenters. The highest BCUT2D eigenvalue weighted by molar-refractivity contribution is 7.25. The minimum absolute atomic E-state index is 0.185. The Hall–Kier alpha value is -4.80. The number of aromatic nitrogens is 1. The second-order valence-electron chi connectivity index (χ2n) is 10.9. The van der Waals surface area contributed by atoms with Crippen molar-refractivity contribution in [3.05, 3.63) is 127 Å². The van der Waals surface area contributed by atoms with Crippen LogP contribution in [0, 0.1) is 0 Å². The Labute approximate surface area is 235 Å². The maximum atomic E-state index is 2.55. The fourth-order valence-corrected chi connectivity index (χ4v) is 8.52. The molecule has 0 radical (unpaired) electrons. The molecule has 40 heavy (non-hydrogen) atoms. The van der Waals surface area contributed by atoms with Crippen molar-refractivity contribution in [3.8, 4) is 5.69 Å². The zero-order valence-electron chi connectivity index (χ0n) is 21.5. The van der Waals surface area contributed by atoms with E-state index in [1.165, 1.54) is 81.1 Å². The van der Waals surface area contributed by atoms with Crippen LogP contribution in [-0.4, -0.2) is 11.3 Å². The number of nitrogens with zero attached hydrogens (tertiary/aromatic N) is 2. The predicted molar refractivity (Wildman–Crippen MR) is 173 cm³/mol. The number of hydrogen-bond donors (Lipinski definition) is 0. The fourth-order valence-electron chi connectivity index (χ4n) is 7.40. The van der Waals surface area contributed by atoms with Gasteiger partial charge in [0.15, 0.2) is 0 Å². The van der Waals surface area contributed by atoms with E-state index in [4.69, 9.17) is 0 Å². The summed E-state index contributed by atoms with van der Waals surface area (Å²) >= 11 is 1.90. The van der Waals surface area contributed by atoms with Gasteiger partial charge in [0.05, 0.1) is 11.0 Å². The summed E-state index contributed by atoms with van der Waals surface area (Å²) in [6.07, 6.45) is 0. The van der Waals surface area contributed by atoms with E-state index in [0.717, 1.165) is 0 Å². The van der Waals surface area contributed by atoms with Crippen molar-refractivity contribution >= 4 is 93.5 Å². The molecule has 0 atom stereocenters. The van der Waals surface area contributed by atoms with E-state index in [0.29, 0.717) is 0 Å². The summed E-state index contributed by atoms with van der Waals surface area (Å²) in [7, 11) is 0. The van der Waals surface area contributed by atoms with E-state index in [9.17, 15) is 0 Å². The van der Waals surface area contributed by atoms with Gasteiger partial charge in [0.2, 0.25) is 0 Å². The molecule has 2 nitrogen and oxygen atoms in total. The molecule has 0 amide bonds. The molecule has 0 fully saturated rings. The lowest BCUT2D eigenvalue weighted by Crippen LogP contribution is -2.60. The van der Waals surface area contributed by atoms with Gasteiger partial charge in [-0.25, -0.2) is 0 Å². The summed E-state index contributed by atoms with van der Waals surface area (Å²) in [5, 5.41) is 5.36. The van der Waals surface area contributed by atoms with Crippen LogP contribution < -0.4 is 21.3 Å². The Balaban J connectivity index is 1.41. The Morgan fingerprint density at radius 3 is 2.10 bits per heavy atom. The van der Waals surface area contributed by atoms with Crippen molar-refractivity contribution < 1.29 is 0 Å². The third-order valence-electron chi connectivity index (χ3n) is 8.97. The molecule has 0 spiro atoms. The van der Waals surface area contributed by atoms with Crippen LogP contribution in [0.3, 0.4) is 0 Å². The lowest BCUT2D eigenvalue weighted by atomic mass is 9.34. The average Bonchev–Trinajstić information content (AvgIpc) is 3.54. The number of anilines is 3. The molecule has 2 aliphatic rings. The molecular formula is C36H21BN2S. The molecule has 0 N–H and O–H groups in total. The van der Waals surface area contributed by atoms with E-state index >= 15 is 0 Å². The highest BCUT2D eigenvalue weighted by Gasteiger charge is 2.41. The highest BCUT2D eigenvalue weighted by atomic mass is 32.1. The molecule has 6 aromatic carbocycles. The summed E-state index contributed by atoms with van der Waals surface area (Å²) in [6.45, 7) is 0.185. The van der Waals surface area contributed by atoms with Crippen LogP contribution in [0.2, 0.25) is 0 Å². The molecule has 10 rings (SSSR count). The molecule has 2 aliphatic heterocycles. The minimum atomic E-state index is 0.185. The van der Waals surface area contributed by atoms with Gasteiger partial charge in [0.1, 0.15) is 0 Å². The van der Waals surface area contributed by atoms with Crippen molar-refractivity contribution in [3.63, 3.8) is 0 Å². The summed E-state index contributed by atoms with van der Waals surface area (Å²) in [5.41, 5.74) is 11.8. The molecule has 0 saturated carbocycles. The van der Waals surface area contributed by atoms with Crippen molar-refractivity contribution in [1.29, 1.82) is 0 Å². The first-order valence-corrected chi connectivity index (χ1v) is 14.6. The minimum Gasteiger partial charge on any atom is -0.311 e. The molecule has 0 aliphatic carbocycles. The van der Waals surface area contributed by atoms with E-state index in [-0.39, 0.29) is 6.71 Å². The van der Waals surface area contributed by atoms with Crippen molar-refractivity contribution in [1.82, 2.24) is 4.57 Å². The molecule has 4 heterocycles. The van der Waals surface area contributed by atoms with E-state index < -0.39 is 0 Å². The van der Waals surface area contributed by atoms with Crippen molar-refractivity contribution in [2.24, 2.45) is 0 Å². The first-order chi connectivity index (χ1) is 19.9. The van der Waals surface area contributed by atoms with Gasteiger partial charge in [-0.15, -0.1) is 11.3 Å². The summed E-state index contributed by atoms with van der Waals surface area (Å²) in [4.78, 5) is 2.46. The van der Waals surface area contributed by atoms with Crippen LogP contribution >= 0.6 is 11.3 Å². The van der Waals surface area contributed by atoms with Gasteiger partial charge >= 0.3 is 0 Å². The fraction of sp³-hybridized carbons (Fsp3) is 0. The van der Waals surface area contributed by atoms with Crippen molar-refractivity contribution in [2.75, 3.05) is 4.90 Å². The molecule has 2 aromatic heterocycles. The maximum absolute atomic E-state index is 2.55. The van der Waals surface area contributed by atoms with Crippen LogP contribution in [0.25, 0.3) is 47.7 Å². The van der Waals surface area contributed by atoms with Gasteiger partial charge in [-0.2, -0.15) is 0 Å². The lowest BCUT2D eigenvalue weighted by molar-refractivity contribution is 1.18. The second kappa shape index (κ2) is 7.44. The predicted octanol–water partition coefficient (Wildman–Crippen LogP) is 7.76. The normalized spacial score (nSPS) is 13.4. The molecule has 184 valence electrons. The largest absolute Gasteiger partial charge is 0.311 e. The Morgan fingerprint density at radius 2 is 1.23 bits per heavy atom. The van der Waals surface area contributed by atoms with Crippen LogP contribution in [0.1, 0.15) is 0 Å². The van der Waals surface area contributed by atoms with E-state index in [1.807, 2.05) is 11.3 Å². The van der Waals surface area contributed by atoms with Crippen LogP contribution in [0.4, 0.5) is 17.1 Å². The van der Waals surface area contributed by atoms with E-state index in [1.54, 1.807) is 0 Å². The Bertz CT molecular complexity index is 2350. The van der Waals surface area contributed by atoms with Crippen LogP contribution in [0.15, 0.2) is 127 Å².